The SMILES string of the molecule is CCOc1nc(NCC2CCCN(C)C2)ccc1N. The van der Waals surface area contributed by atoms with Crippen molar-refractivity contribution < 1.29 is 4.74 Å². The number of nitrogens with zero attached hydrogens (tertiary/aromatic N) is 2. The van der Waals surface area contributed by atoms with E-state index < -0.39 is 0 Å². The molecule has 1 aromatic heterocycles. The maximum atomic E-state index is 5.81. The number of ether oxygens (including phenoxy) is 1. The van der Waals surface area contributed by atoms with Crippen molar-refractivity contribution in [2.75, 3.05) is 44.3 Å². The van der Waals surface area contributed by atoms with E-state index >= 15 is 0 Å². The highest BCUT2D eigenvalue weighted by molar-refractivity contribution is 5.53. The molecule has 0 saturated carbocycles. The Bertz CT molecular complexity index is 410. The number of anilines is 2. The summed E-state index contributed by atoms with van der Waals surface area (Å²) in [4.78, 5) is 6.78. The quantitative estimate of drug-likeness (QED) is 0.849. The highest BCUT2D eigenvalue weighted by Crippen LogP contribution is 2.21. The van der Waals surface area contributed by atoms with Crippen LogP contribution in [0, 0.1) is 5.92 Å². The summed E-state index contributed by atoms with van der Waals surface area (Å²) in [6.45, 7) is 5.82. The minimum Gasteiger partial charge on any atom is -0.476 e. The number of likely N-dealkylation sites (tertiary alicyclic amines) is 1. The Kier molecular flexibility index (Phi) is 4.85. The first-order valence-electron chi connectivity index (χ1n) is 7.00. The smallest absolute Gasteiger partial charge is 0.239 e. The number of pyridine rings is 1. The molecule has 0 spiro atoms. The summed E-state index contributed by atoms with van der Waals surface area (Å²) in [5.41, 5.74) is 6.40. The molecule has 1 atom stereocenters. The molecular weight excluding hydrogens is 240 g/mol. The summed E-state index contributed by atoms with van der Waals surface area (Å²) in [5, 5.41) is 3.39. The Hall–Kier alpha value is -1.49. The third kappa shape index (κ3) is 3.99. The second-order valence-electron chi connectivity index (χ2n) is 5.18. The van der Waals surface area contributed by atoms with Gasteiger partial charge in [-0.1, -0.05) is 0 Å². The van der Waals surface area contributed by atoms with E-state index in [0.717, 1.165) is 18.9 Å². The van der Waals surface area contributed by atoms with Crippen LogP contribution in [0.5, 0.6) is 5.88 Å². The lowest BCUT2D eigenvalue weighted by molar-refractivity contribution is 0.217. The van der Waals surface area contributed by atoms with Gasteiger partial charge in [-0.05, 0) is 51.4 Å². The molecule has 1 saturated heterocycles. The van der Waals surface area contributed by atoms with E-state index in [2.05, 4.69) is 22.2 Å². The van der Waals surface area contributed by atoms with Gasteiger partial charge >= 0.3 is 0 Å². The van der Waals surface area contributed by atoms with Gasteiger partial charge in [0.25, 0.3) is 0 Å². The van der Waals surface area contributed by atoms with Crippen LogP contribution in [0.2, 0.25) is 0 Å². The van der Waals surface area contributed by atoms with Crippen LogP contribution in [0.25, 0.3) is 0 Å². The van der Waals surface area contributed by atoms with Crippen molar-refractivity contribution in [3.8, 4) is 5.88 Å². The monoisotopic (exact) mass is 264 g/mol. The van der Waals surface area contributed by atoms with Gasteiger partial charge in [0.05, 0.1) is 12.3 Å². The Labute approximate surface area is 115 Å². The zero-order valence-corrected chi connectivity index (χ0v) is 11.9. The minimum absolute atomic E-state index is 0.522. The van der Waals surface area contributed by atoms with Crippen molar-refractivity contribution in [2.24, 2.45) is 5.92 Å². The van der Waals surface area contributed by atoms with Gasteiger partial charge in [0.15, 0.2) is 0 Å². The average Bonchev–Trinajstić information content (AvgIpc) is 2.40. The van der Waals surface area contributed by atoms with E-state index in [-0.39, 0.29) is 0 Å². The van der Waals surface area contributed by atoms with Crippen LogP contribution in [0.1, 0.15) is 19.8 Å². The Morgan fingerprint density at radius 2 is 2.37 bits per heavy atom. The standard InChI is InChI=1S/C14H24N4O/c1-3-19-14-12(15)6-7-13(17-14)16-9-11-5-4-8-18(2)10-11/h6-7,11H,3-5,8-10,15H2,1-2H3,(H,16,17). The van der Waals surface area contributed by atoms with Gasteiger partial charge < -0.3 is 20.7 Å². The largest absolute Gasteiger partial charge is 0.476 e. The van der Waals surface area contributed by atoms with Crippen LogP contribution < -0.4 is 15.8 Å². The molecule has 5 heteroatoms. The molecule has 106 valence electrons. The Morgan fingerprint density at radius 3 is 3.11 bits per heavy atom. The summed E-state index contributed by atoms with van der Waals surface area (Å²) < 4.78 is 5.40. The van der Waals surface area contributed by atoms with Gasteiger partial charge in [-0.3, -0.25) is 0 Å². The van der Waals surface area contributed by atoms with Crippen molar-refractivity contribution in [1.29, 1.82) is 0 Å². The fourth-order valence-corrected chi connectivity index (χ4v) is 2.49. The fourth-order valence-electron chi connectivity index (χ4n) is 2.49. The Morgan fingerprint density at radius 1 is 1.53 bits per heavy atom. The van der Waals surface area contributed by atoms with Gasteiger partial charge in [-0.25, -0.2) is 0 Å². The maximum Gasteiger partial charge on any atom is 0.239 e. The van der Waals surface area contributed by atoms with Gasteiger partial charge in [0, 0.05) is 13.1 Å². The molecule has 1 fully saturated rings. The van der Waals surface area contributed by atoms with Gasteiger partial charge in [-0.15, -0.1) is 0 Å². The zero-order valence-electron chi connectivity index (χ0n) is 11.9. The lowest BCUT2D eigenvalue weighted by Gasteiger charge is -2.29. The molecule has 2 heterocycles. The number of hydrogen-bond acceptors (Lipinski definition) is 5. The maximum absolute atomic E-state index is 5.81. The van der Waals surface area contributed by atoms with Crippen molar-refractivity contribution in [3.05, 3.63) is 12.1 Å². The van der Waals surface area contributed by atoms with Crippen LogP contribution in [0.15, 0.2) is 12.1 Å². The first kappa shape index (κ1) is 13.9. The lowest BCUT2D eigenvalue weighted by Crippen LogP contribution is -2.35. The van der Waals surface area contributed by atoms with Crippen molar-refractivity contribution >= 4 is 11.5 Å². The molecule has 5 nitrogen and oxygen atoms in total. The van der Waals surface area contributed by atoms with E-state index in [1.165, 1.54) is 19.4 Å². The molecule has 0 amide bonds. The highest BCUT2D eigenvalue weighted by atomic mass is 16.5. The number of aromatic nitrogens is 1. The number of piperidine rings is 1. The summed E-state index contributed by atoms with van der Waals surface area (Å²) in [7, 11) is 2.18. The molecule has 2 rings (SSSR count). The molecule has 3 N–H and O–H groups in total. The molecule has 1 aliphatic rings. The number of nitrogens with one attached hydrogen (secondary N) is 1. The predicted octanol–water partition coefficient (Wildman–Crippen LogP) is 1.82. The fraction of sp³-hybridized carbons (Fsp3) is 0.643. The summed E-state index contributed by atoms with van der Waals surface area (Å²) in [6.07, 6.45) is 2.56. The van der Waals surface area contributed by atoms with Crippen molar-refractivity contribution in [2.45, 2.75) is 19.8 Å². The first-order valence-corrected chi connectivity index (χ1v) is 7.00. The van der Waals surface area contributed by atoms with Gasteiger partial charge in [0.1, 0.15) is 5.82 Å². The van der Waals surface area contributed by atoms with Crippen molar-refractivity contribution in [1.82, 2.24) is 9.88 Å². The highest BCUT2D eigenvalue weighted by Gasteiger charge is 2.17. The topological polar surface area (TPSA) is 63.4 Å². The van der Waals surface area contributed by atoms with Crippen LogP contribution >= 0.6 is 0 Å². The van der Waals surface area contributed by atoms with E-state index in [1.807, 2.05) is 19.1 Å². The third-order valence-corrected chi connectivity index (χ3v) is 3.46. The molecule has 1 unspecified atom stereocenters. The number of nitrogen functional groups attached to an aromatic ring is 1. The second kappa shape index (κ2) is 6.61. The van der Waals surface area contributed by atoms with E-state index in [4.69, 9.17) is 10.5 Å². The predicted molar refractivity (Wildman–Crippen MR) is 78.5 cm³/mol. The van der Waals surface area contributed by atoms with Crippen LogP contribution in [0.3, 0.4) is 0 Å². The van der Waals surface area contributed by atoms with Crippen LogP contribution in [-0.2, 0) is 0 Å². The summed E-state index contributed by atoms with van der Waals surface area (Å²) in [5.74, 6) is 2.05. The van der Waals surface area contributed by atoms with E-state index in [1.54, 1.807) is 0 Å². The van der Waals surface area contributed by atoms with E-state index in [0.29, 0.717) is 24.1 Å². The molecule has 1 aromatic rings. The van der Waals surface area contributed by atoms with E-state index in [9.17, 15) is 0 Å². The van der Waals surface area contributed by atoms with Gasteiger partial charge in [0.2, 0.25) is 5.88 Å². The summed E-state index contributed by atoms with van der Waals surface area (Å²) in [6, 6.07) is 3.75. The lowest BCUT2D eigenvalue weighted by atomic mass is 9.98. The van der Waals surface area contributed by atoms with Crippen LogP contribution in [-0.4, -0.2) is 43.2 Å². The molecule has 0 aromatic carbocycles. The normalized spacial score (nSPS) is 20.2. The van der Waals surface area contributed by atoms with Gasteiger partial charge in [-0.2, -0.15) is 4.98 Å². The zero-order chi connectivity index (χ0) is 13.7. The number of rotatable bonds is 5. The van der Waals surface area contributed by atoms with Crippen molar-refractivity contribution in [3.63, 3.8) is 0 Å². The Balaban J connectivity index is 1.90. The summed E-state index contributed by atoms with van der Waals surface area (Å²) >= 11 is 0. The molecule has 0 radical (unpaired) electrons. The molecule has 0 aliphatic carbocycles. The average molecular weight is 264 g/mol. The first-order chi connectivity index (χ1) is 9.19. The minimum atomic E-state index is 0.522. The molecule has 19 heavy (non-hydrogen) atoms. The van der Waals surface area contributed by atoms with Crippen LogP contribution in [0.4, 0.5) is 11.5 Å². The molecule has 1 aliphatic heterocycles. The second-order valence-corrected chi connectivity index (χ2v) is 5.18. The number of hydrogen-bond donors (Lipinski definition) is 2. The third-order valence-electron chi connectivity index (χ3n) is 3.46. The number of nitrogens with two attached hydrogens (primary N) is 1. The molecule has 0 bridgehead atoms. The molecular formula is C14H24N4O.